The van der Waals surface area contributed by atoms with E-state index >= 15 is 0 Å². The van der Waals surface area contributed by atoms with Crippen molar-refractivity contribution in [1.82, 2.24) is 10.2 Å². The highest BCUT2D eigenvalue weighted by Crippen LogP contribution is 2.13. The Morgan fingerprint density at radius 3 is 2.42 bits per heavy atom. The maximum Gasteiger partial charge on any atom is 0.258 e. The molecule has 6 nitrogen and oxygen atoms in total. The summed E-state index contributed by atoms with van der Waals surface area (Å²) >= 11 is 0. The van der Waals surface area contributed by atoms with Crippen molar-refractivity contribution in [3.63, 3.8) is 0 Å². The van der Waals surface area contributed by atoms with Crippen LogP contribution in [0.2, 0.25) is 0 Å². The molecular formula is C18H24N2O4. The number of para-hydroxylation sites is 1. The predicted molar refractivity (Wildman–Crippen MR) is 89.6 cm³/mol. The Kier molecular flexibility index (Phi) is 6.78. The number of Topliss-reactive ketones (excluding diaryl/α,β-unsaturated/α-hetero) is 1. The second-order valence-corrected chi connectivity index (χ2v) is 6.03. The van der Waals surface area contributed by atoms with Crippen molar-refractivity contribution in [2.75, 3.05) is 19.7 Å². The van der Waals surface area contributed by atoms with Crippen molar-refractivity contribution in [2.45, 2.75) is 38.6 Å². The first-order valence-corrected chi connectivity index (χ1v) is 8.29. The second kappa shape index (κ2) is 9.05. The Labute approximate surface area is 142 Å². The topological polar surface area (TPSA) is 75.7 Å². The summed E-state index contributed by atoms with van der Waals surface area (Å²) in [4.78, 5) is 36.6. The Balaban J connectivity index is 1.66. The molecule has 1 N–H and O–H groups in total. The minimum absolute atomic E-state index is 0.0121. The molecule has 1 fully saturated rings. The highest BCUT2D eigenvalue weighted by molar-refractivity contribution is 5.83. The Morgan fingerprint density at radius 2 is 1.79 bits per heavy atom. The van der Waals surface area contributed by atoms with Crippen molar-refractivity contribution in [1.29, 1.82) is 0 Å². The number of amides is 2. The fraction of sp³-hybridized carbons (Fsp3) is 0.500. The largest absolute Gasteiger partial charge is 0.484 e. The normalized spacial score (nSPS) is 15.0. The summed E-state index contributed by atoms with van der Waals surface area (Å²) in [5, 5.41) is 2.94. The lowest BCUT2D eigenvalue weighted by Gasteiger charge is -2.32. The number of carbonyl (C=O) groups is 3. The number of hydrogen-bond donors (Lipinski definition) is 1. The molecule has 0 atom stereocenters. The van der Waals surface area contributed by atoms with Gasteiger partial charge in [-0.25, -0.2) is 0 Å². The fourth-order valence-electron chi connectivity index (χ4n) is 2.65. The number of likely N-dealkylation sites (tertiary alicyclic amines) is 1. The van der Waals surface area contributed by atoms with Crippen LogP contribution in [-0.2, 0) is 14.4 Å². The fourth-order valence-corrected chi connectivity index (χ4v) is 2.65. The van der Waals surface area contributed by atoms with Crippen LogP contribution in [-0.4, -0.2) is 48.2 Å². The molecule has 0 spiro atoms. The molecule has 0 saturated carbocycles. The molecule has 2 rings (SSSR count). The maximum absolute atomic E-state index is 12.0. The van der Waals surface area contributed by atoms with Gasteiger partial charge in [0.05, 0.1) is 0 Å². The number of piperidine rings is 1. The summed E-state index contributed by atoms with van der Waals surface area (Å²) < 4.78 is 5.41. The van der Waals surface area contributed by atoms with Gasteiger partial charge in [-0.2, -0.15) is 0 Å². The van der Waals surface area contributed by atoms with Gasteiger partial charge in [-0.3, -0.25) is 9.59 Å². The van der Waals surface area contributed by atoms with Crippen LogP contribution in [0.5, 0.6) is 5.75 Å². The zero-order valence-electron chi connectivity index (χ0n) is 14.0. The monoisotopic (exact) mass is 332 g/mol. The minimum Gasteiger partial charge on any atom is -0.484 e. The van der Waals surface area contributed by atoms with E-state index in [9.17, 15) is 14.4 Å². The van der Waals surface area contributed by atoms with Crippen molar-refractivity contribution < 1.29 is 19.1 Å². The van der Waals surface area contributed by atoms with Gasteiger partial charge in [0.1, 0.15) is 11.5 Å². The molecule has 1 aromatic rings. The van der Waals surface area contributed by atoms with Crippen molar-refractivity contribution >= 4 is 17.6 Å². The van der Waals surface area contributed by atoms with Crippen molar-refractivity contribution in [3.05, 3.63) is 30.3 Å². The molecule has 130 valence electrons. The third kappa shape index (κ3) is 6.02. The average Bonchev–Trinajstić information content (AvgIpc) is 2.59. The highest BCUT2D eigenvalue weighted by Gasteiger charge is 2.23. The van der Waals surface area contributed by atoms with E-state index in [0.717, 1.165) is 12.8 Å². The Morgan fingerprint density at radius 1 is 1.12 bits per heavy atom. The number of hydrogen-bond acceptors (Lipinski definition) is 4. The first kappa shape index (κ1) is 18.0. The van der Waals surface area contributed by atoms with E-state index in [1.165, 1.54) is 6.92 Å². The SMILES string of the molecule is CC(=O)CCC(=O)N1CCC(NC(=O)COc2ccccc2)CC1. The highest BCUT2D eigenvalue weighted by atomic mass is 16.5. The van der Waals surface area contributed by atoms with E-state index in [2.05, 4.69) is 5.32 Å². The predicted octanol–water partition coefficient (Wildman–Crippen LogP) is 1.54. The molecule has 1 aromatic carbocycles. The molecule has 0 aromatic heterocycles. The molecular weight excluding hydrogens is 308 g/mol. The summed E-state index contributed by atoms with van der Waals surface area (Å²) in [6.07, 6.45) is 2.02. The molecule has 1 aliphatic rings. The van der Waals surface area contributed by atoms with Gasteiger partial charge in [-0.05, 0) is 31.9 Å². The Bertz CT molecular complexity index is 566. The smallest absolute Gasteiger partial charge is 0.258 e. The van der Waals surface area contributed by atoms with Crippen LogP contribution in [0, 0.1) is 0 Å². The zero-order chi connectivity index (χ0) is 17.4. The number of nitrogens with one attached hydrogen (secondary N) is 1. The number of nitrogens with zero attached hydrogens (tertiary/aromatic N) is 1. The molecule has 0 unspecified atom stereocenters. The van der Waals surface area contributed by atoms with E-state index < -0.39 is 0 Å². The molecule has 1 aliphatic heterocycles. The van der Waals surface area contributed by atoms with Gasteiger partial charge in [0.15, 0.2) is 6.61 Å². The van der Waals surface area contributed by atoms with Crippen LogP contribution in [0.3, 0.4) is 0 Å². The van der Waals surface area contributed by atoms with E-state index in [4.69, 9.17) is 4.74 Å². The molecule has 2 amide bonds. The zero-order valence-corrected chi connectivity index (χ0v) is 14.0. The van der Waals surface area contributed by atoms with E-state index in [0.29, 0.717) is 25.3 Å². The standard InChI is InChI=1S/C18H24N2O4/c1-14(21)7-8-18(23)20-11-9-15(10-12-20)19-17(22)13-24-16-5-3-2-4-6-16/h2-6,15H,7-13H2,1H3,(H,19,22). The van der Waals surface area contributed by atoms with Gasteiger partial charge in [0, 0.05) is 32.0 Å². The first-order chi connectivity index (χ1) is 11.5. The lowest BCUT2D eigenvalue weighted by molar-refractivity contribution is -0.134. The lowest BCUT2D eigenvalue weighted by Crippen LogP contribution is -2.47. The van der Waals surface area contributed by atoms with Gasteiger partial charge in [0.2, 0.25) is 5.91 Å². The van der Waals surface area contributed by atoms with Crippen LogP contribution >= 0.6 is 0 Å². The summed E-state index contributed by atoms with van der Waals surface area (Å²) in [6.45, 7) is 2.71. The van der Waals surface area contributed by atoms with Crippen LogP contribution in [0.1, 0.15) is 32.6 Å². The molecule has 0 aliphatic carbocycles. The van der Waals surface area contributed by atoms with E-state index in [-0.39, 0.29) is 36.7 Å². The van der Waals surface area contributed by atoms with Crippen LogP contribution in [0.25, 0.3) is 0 Å². The maximum atomic E-state index is 12.0. The summed E-state index contributed by atoms with van der Waals surface area (Å²) in [5.74, 6) is 0.560. The third-order valence-electron chi connectivity index (χ3n) is 4.02. The average molecular weight is 332 g/mol. The molecule has 0 radical (unpaired) electrons. The van der Waals surface area contributed by atoms with Crippen LogP contribution in [0.15, 0.2) is 30.3 Å². The van der Waals surface area contributed by atoms with Crippen molar-refractivity contribution in [2.24, 2.45) is 0 Å². The van der Waals surface area contributed by atoms with Gasteiger partial charge in [0.25, 0.3) is 5.91 Å². The van der Waals surface area contributed by atoms with Crippen LogP contribution in [0.4, 0.5) is 0 Å². The number of ketones is 1. The van der Waals surface area contributed by atoms with Gasteiger partial charge < -0.3 is 19.7 Å². The molecule has 1 heterocycles. The molecule has 6 heteroatoms. The first-order valence-electron chi connectivity index (χ1n) is 8.29. The molecule has 0 bridgehead atoms. The number of carbonyl (C=O) groups excluding carboxylic acids is 3. The quantitative estimate of drug-likeness (QED) is 0.822. The summed E-state index contributed by atoms with van der Waals surface area (Å²) in [6, 6.07) is 9.27. The summed E-state index contributed by atoms with van der Waals surface area (Å²) in [5.41, 5.74) is 0. The van der Waals surface area contributed by atoms with Gasteiger partial charge in [-0.1, -0.05) is 18.2 Å². The van der Waals surface area contributed by atoms with Crippen LogP contribution < -0.4 is 10.1 Å². The Hall–Kier alpha value is -2.37. The molecule has 1 saturated heterocycles. The number of rotatable bonds is 7. The number of ether oxygens (including phenoxy) is 1. The summed E-state index contributed by atoms with van der Waals surface area (Å²) in [7, 11) is 0. The van der Waals surface area contributed by atoms with Crippen molar-refractivity contribution in [3.8, 4) is 5.75 Å². The third-order valence-corrected chi connectivity index (χ3v) is 4.02. The molecule has 24 heavy (non-hydrogen) atoms. The number of benzene rings is 1. The minimum atomic E-state index is -0.153. The van der Waals surface area contributed by atoms with E-state index in [1.54, 1.807) is 17.0 Å². The van der Waals surface area contributed by atoms with E-state index in [1.807, 2.05) is 18.2 Å². The lowest BCUT2D eigenvalue weighted by atomic mass is 10.0. The second-order valence-electron chi connectivity index (χ2n) is 6.03. The van der Waals surface area contributed by atoms with Gasteiger partial charge >= 0.3 is 0 Å². The van der Waals surface area contributed by atoms with Gasteiger partial charge in [-0.15, -0.1) is 0 Å².